The Bertz CT molecular complexity index is 1260. The summed E-state index contributed by atoms with van der Waals surface area (Å²) in [5.41, 5.74) is 0.677. The zero-order chi connectivity index (χ0) is 26.6. The number of aromatic nitrogens is 3. The Labute approximate surface area is 244 Å². The van der Waals surface area contributed by atoms with Crippen LogP contribution in [-0.2, 0) is 32.4 Å². The molecule has 2 atom stereocenters. The third-order valence-electron chi connectivity index (χ3n) is 6.43. The van der Waals surface area contributed by atoms with Gasteiger partial charge in [-0.25, -0.2) is 4.79 Å². The zero-order valence-corrected chi connectivity index (χ0v) is 24.0. The number of halogens is 3. The summed E-state index contributed by atoms with van der Waals surface area (Å²) in [6.45, 7) is 0.599. The summed E-state index contributed by atoms with van der Waals surface area (Å²) in [6.07, 6.45) is -0.653. The third kappa shape index (κ3) is 5.37. The minimum atomic E-state index is -4.69. The number of nitrogens with one attached hydrogen (secondary N) is 1. The number of likely N-dealkylation sites (tertiary alicyclic amines) is 1. The molecule has 3 fully saturated rings. The van der Waals surface area contributed by atoms with E-state index in [2.05, 4.69) is 15.5 Å². The van der Waals surface area contributed by atoms with Crippen molar-refractivity contribution in [3.8, 4) is 0 Å². The van der Waals surface area contributed by atoms with Crippen LogP contribution in [0.1, 0.15) is 25.1 Å². The smallest absolute Gasteiger partial charge is 0.451 e. The van der Waals surface area contributed by atoms with E-state index in [1.807, 2.05) is 0 Å². The molecular formula is C21H21F3N6NaO5S2. The summed E-state index contributed by atoms with van der Waals surface area (Å²) < 4.78 is 39.3. The summed E-state index contributed by atoms with van der Waals surface area (Å²) in [6, 6.07) is -0.721. The standard InChI is InChI=1S/C21H21F3N6O5S2.Na/c1-28-19(21(22,23)24)26-27-20(28)37-8-12(31)25-13-16(33)30-14(18(34)35)10(7-36-17(13)30)6-9-4-5-29(15(9)32)11-2-3-11;/h6,11,13,17H,2-5,7-8H2,1H3,(H,25,31)(H,34,35);/t13-,17-;/m1./s1. The molecule has 0 bridgehead atoms. The summed E-state index contributed by atoms with van der Waals surface area (Å²) >= 11 is 1.99. The van der Waals surface area contributed by atoms with Crippen molar-refractivity contribution in [2.45, 2.75) is 48.1 Å². The molecule has 199 valence electrons. The maximum absolute atomic E-state index is 12.9. The Morgan fingerprint density at radius 1 is 1.26 bits per heavy atom. The van der Waals surface area contributed by atoms with Gasteiger partial charge in [0.15, 0.2) is 5.16 Å². The van der Waals surface area contributed by atoms with Crippen molar-refractivity contribution >= 4 is 76.8 Å². The van der Waals surface area contributed by atoms with Gasteiger partial charge in [-0.05, 0) is 30.9 Å². The van der Waals surface area contributed by atoms with E-state index >= 15 is 0 Å². The molecule has 0 spiro atoms. The molecule has 17 heteroatoms. The second kappa shape index (κ2) is 10.9. The van der Waals surface area contributed by atoms with Crippen LogP contribution in [0.3, 0.4) is 0 Å². The van der Waals surface area contributed by atoms with E-state index in [0.29, 0.717) is 24.1 Å². The van der Waals surface area contributed by atoms with Crippen LogP contribution in [0.2, 0.25) is 0 Å². The fourth-order valence-electron chi connectivity index (χ4n) is 4.50. The number of β-lactam (4-membered cyclic amide) rings is 1. The molecular weight excluding hydrogens is 560 g/mol. The van der Waals surface area contributed by atoms with Crippen molar-refractivity contribution < 1.29 is 37.5 Å². The molecule has 2 saturated heterocycles. The van der Waals surface area contributed by atoms with Crippen LogP contribution < -0.4 is 5.32 Å². The van der Waals surface area contributed by atoms with Crippen molar-refractivity contribution in [3.63, 3.8) is 0 Å². The fourth-order valence-corrected chi connectivity index (χ4v) is 6.53. The number of nitrogens with zero attached hydrogens (tertiary/aromatic N) is 5. The molecule has 1 aromatic rings. The van der Waals surface area contributed by atoms with Crippen molar-refractivity contribution in [1.29, 1.82) is 0 Å². The number of rotatable bonds is 7. The molecule has 4 heterocycles. The van der Waals surface area contributed by atoms with E-state index in [1.165, 1.54) is 11.8 Å². The van der Waals surface area contributed by atoms with Gasteiger partial charge in [0.1, 0.15) is 17.1 Å². The number of carboxylic acids is 1. The molecule has 0 unspecified atom stereocenters. The summed E-state index contributed by atoms with van der Waals surface area (Å²) in [7, 11) is 1.13. The first-order valence-electron chi connectivity index (χ1n) is 11.3. The number of fused-ring (bicyclic) bond motifs is 1. The molecule has 5 rings (SSSR count). The number of hydrogen-bond donors (Lipinski definition) is 2. The van der Waals surface area contributed by atoms with Crippen molar-refractivity contribution in [1.82, 2.24) is 29.9 Å². The molecule has 4 aliphatic rings. The van der Waals surface area contributed by atoms with Crippen LogP contribution in [0.5, 0.6) is 0 Å². The minimum absolute atomic E-state index is 0. The maximum atomic E-state index is 12.9. The Hall–Kier alpha value is -2.01. The summed E-state index contributed by atoms with van der Waals surface area (Å²) in [5.74, 6) is -3.92. The van der Waals surface area contributed by atoms with Crippen LogP contribution in [-0.4, -0.2) is 118 Å². The normalized spacial score (nSPS) is 24.4. The van der Waals surface area contributed by atoms with Gasteiger partial charge in [0.05, 0.1) is 5.75 Å². The number of aliphatic carboxylic acids is 1. The minimum Gasteiger partial charge on any atom is -0.477 e. The van der Waals surface area contributed by atoms with E-state index in [0.717, 1.165) is 41.1 Å². The average molecular weight is 582 g/mol. The molecule has 11 nitrogen and oxygen atoms in total. The second-order valence-electron chi connectivity index (χ2n) is 8.93. The Balaban J connectivity index is 0.00000336. The van der Waals surface area contributed by atoms with Gasteiger partial charge >= 0.3 is 12.1 Å². The summed E-state index contributed by atoms with van der Waals surface area (Å²) in [4.78, 5) is 52.9. The van der Waals surface area contributed by atoms with E-state index in [4.69, 9.17) is 0 Å². The van der Waals surface area contributed by atoms with Crippen LogP contribution in [0.15, 0.2) is 28.1 Å². The van der Waals surface area contributed by atoms with Crippen LogP contribution >= 0.6 is 23.5 Å². The number of carboxylic acid groups (broad SMARTS) is 1. The van der Waals surface area contributed by atoms with Crippen molar-refractivity contribution in [2.75, 3.05) is 18.1 Å². The SMILES string of the molecule is Cn1c(SCC(=O)N[C@@H]2C(=O)N3C(C(=O)O)=C(C=C4CCN(C5CC5)C4=O)CS[C@H]23)nnc1C(F)(F)F.[Na]. The van der Waals surface area contributed by atoms with Crippen LogP contribution in [0.4, 0.5) is 13.2 Å². The number of carbonyl (C=O) groups excluding carboxylic acids is 3. The first-order valence-corrected chi connectivity index (χ1v) is 13.3. The van der Waals surface area contributed by atoms with Gasteiger partial charge in [-0.1, -0.05) is 11.8 Å². The maximum Gasteiger partial charge on any atom is 0.451 e. The predicted octanol–water partition coefficient (Wildman–Crippen LogP) is 0.605. The monoisotopic (exact) mass is 581 g/mol. The average Bonchev–Trinajstić information content (AvgIpc) is 3.51. The predicted molar refractivity (Wildman–Crippen MR) is 130 cm³/mol. The number of hydrogen-bond acceptors (Lipinski definition) is 8. The molecule has 3 amide bonds. The Kier molecular flexibility index (Phi) is 8.29. The topological polar surface area (TPSA) is 138 Å². The largest absolute Gasteiger partial charge is 0.477 e. The molecule has 2 N–H and O–H groups in total. The van der Waals surface area contributed by atoms with Crippen molar-refractivity contribution in [2.24, 2.45) is 7.05 Å². The zero-order valence-electron chi connectivity index (χ0n) is 20.3. The molecule has 1 aromatic heterocycles. The van der Waals surface area contributed by atoms with Gasteiger partial charge < -0.3 is 19.9 Å². The van der Waals surface area contributed by atoms with Gasteiger partial charge in [-0.2, -0.15) is 13.2 Å². The third-order valence-corrected chi connectivity index (χ3v) is 8.75. The van der Waals surface area contributed by atoms with E-state index in [1.54, 1.807) is 11.0 Å². The van der Waals surface area contributed by atoms with Gasteiger partial charge in [0.2, 0.25) is 17.6 Å². The number of alkyl halides is 3. The van der Waals surface area contributed by atoms with Crippen LogP contribution in [0.25, 0.3) is 0 Å². The number of thioether (sulfide) groups is 2. The Morgan fingerprint density at radius 3 is 2.58 bits per heavy atom. The first-order chi connectivity index (χ1) is 17.5. The molecule has 38 heavy (non-hydrogen) atoms. The molecule has 1 radical (unpaired) electrons. The van der Waals surface area contributed by atoms with Gasteiger partial charge in [0, 0.05) is 60.5 Å². The van der Waals surface area contributed by atoms with Gasteiger partial charge in [-0.3, -0.25) is 19.3 Å². The van der Waals surface area contributed by atoms with Crippen LogP contribution in [0, 0.1) is 0 Å². The first kappa shape index (κ1) is 29.0. The van der Waals surface area contributed by atoms with E-state index in [-0.39, 0.29) is 63.9 Å². The van der Waals surface area contributed by atoms with Gasteiger partial charge in [0.25, 0.3) is 5.91 Å². The van der Waals surface area contributed by atoms with Gasteiger partial charge in [-0.15, -0.1) is 22.0 Å². The second-order valence-corrected chi connectivity index (χ2v) is 11.0. The van der Waals surface area contributed by atoms with E-state index < -0.39 is 41.2 Å². The molecule has 1 saturated carbocycles. The molecule has 0 aromatic carbocycles. The summed E-state index contributed by atoms with van der Waals surface area (Å²) in [5, 5.41) is 18.1. The molecule has 3 aliphatic heterocycles. The molecule has 1 aliphatic carbocycles. The quantitative estimate of drug-likeness (QED) is 0.205. The number of amides is 3. The Morgan fingerprint density at radius 2 is 1.97 bits per heavy atom. The number of carbonyl (C=O) groups is 4. The fraction of sp³-hybridized carbons (Fsp3) is 0.524. The van der Waals surface area contributed by atoms with Crippen molar-refractivity contribution in [3.05, 3.63) is 28.7 Å². The van der Waals surface area contributed by atoms with E-state index in [9.17, 15) is 37.5 Å². The number of allylic oxidation sites excluding steroid dienone is 1.